The van der Waals surface area contributed by atoms with E-state index in [-0.39, 0.29) is 29.6 Å². The van der Waals surface area contributed by atoms with E-state index in [9.17, 15) is 29.9 Å². The van der Waals surface area contributed by atoms with Crippen LogP contribution in [-0.4, -0.2) is 56.3 Å². The molecular weight excluding hydrogens is 432 g/mol. The molecule has 4 atom stereocenters. The zero-order valence-corrected chi connectivity index (χ0v) is 18.1. The molecule has 0 saturated carbocycles. The number of imidazole rings is 1. The Morgan fingerprint density at radius 3 is 2.77 bits per heavy atom. The number of thiazole rings is 1. The van der Waals surface area contributed by atoms with E-state index in [0.717, 1.165) is 9.86 Å². The van der Waals surface area contributed by atoms with Crippen molar-refractivity contribution in [3.63, 3.8) is 0 Å². The zero-order chi connectivity index (χ0) is 21.9. The fraction of sp³-hybridized carbons (Fsp3) is 0.500. The molecule has 0 spiro atoms. The van der Waals surface area contributed by atoms with E-state index in [2.05, 4.69) is 0 Å². The Balaban J connectivity index is 1.78. The summed E-state index contributed by atoms with van der Waals surface area (Å²) in [5.41, 5.74) is 0.389. The summed E-state index contributed by atoms with van der Waals surface area (Å²) < 4.78 is 3.62. The second-order valence-electron chi connectivity index (χ2n) is 7.49. The Morgan fingerprint density at radius 2 is 2.20 bits per heavy atom. The average Bonchev–Trinajstić information content (AvgIpc) is 3.26. The van der Waals surface area contributed by atoms with Crippen molar-refractivity contribution in [1.82, 2.24) is 9.47 Å². The van der Waals surface area contributed by atoms with E-state index in [1.54, 1.807) is 17.1 Å². The van der Waals surface area contributed by atoms with Gasteiger partial charge >= 0.3 is 0 Å². The third-order valence-electron chi connectivity index (χ3n) is 5.75. The maximum absolute atomic E-state index is 12.5. The van der Waals surface area contributed by atoms with E-state index < -0.39 is 29.9 Å². The maximum atomic E-state index is 12.5. The number of thioether (sulfide) groups is 1. The Bertz CT molecular complexity index is 1100. The SMILES string of the molecule is CSc1c2sc(C3=C(C(=O)[O-])N4C(=O)[C@H]([C@@H](C)O)[C@H]4[C@H]3C)c[n+]2cn1CC[N+](=O)[O-]. The van der Waals surface area contributed by atoms with Gasteiger partial charge in [0.2, 0.25) is 22.3 Å². The number of carbonyl (C=O) groups excluding carboxylic acids is 2. The molecule has 160 valence electrons. The number of nitro groups is 1. The standard InChI is InChI=1S/C18H20N4O6S2/c1-8-11(14(18(25)26)22-13(8)12(9(2)23)15(22)24)10-6-20-7-19(4-5-21(27)28)16(29-3)17(20)30-10/h6-9,12-13,23H,4-5H2,1-3H3/t8-,9+,12+,13+/m0/s1. The molecule has 10 nitrogen and oxygen atoms in total. The molecule has 2 aromatic rings. The van der Waals surface area contributed by atoms with E-state index in [1.807, 2.05) is 17.6 Å². The van der Waals surface area contributed by atoms with Crippen LogP contribution in [0.1, 0.15) is 18.7 Å². The van der Waals surface area contributed by atoms with Crippen LogP contribution in [0.15, 0.2) is 23.2 Å². The number of carboxylic acid groups (broad SMARTS) is 1. The smallest absolute Gasteiger partial charge is 0.250 e. The number of rotatable bonds is 7. The van der Waals surface area contributed by atoms with E-state index >= 15 is 0 Å². The molecular formula is C18H20N4O6S2. The first-order valence-electron chi connectivity index (χ1n) is 9.34. The van der Waals surface area contributed by atoms with E-state index in [0.29, 0.717) is 10.5 Å². The highest BCUT2D eigenvalue weighted by atomic mass is 32.2. The first-order valence-corrected chi connectivity index (χ1v) is 11.4. The zero-order valence-electron chi connectivity index (χ0n) is 16.5. The summed E-state index contributed by atoms with van der Waals surface area (Å²) in [6.07, 6.45) is 4.54. The number of carbonyl (C=O) groups is 2. The van der Waals surface area contributed by atoms with Gasteiger partial charge in [0.25, 0.3) is 6.33 Å². The number of nitrogens with zero attached hydrogens (tertiary/aromatic N) is 4. The minimum Gasteiger partial charge on any atom is -0.543 e. The minimum absolute atomic E-state index is 0.133. The molecule has 4 heterocycles. The molecule has 1 N–H and O–H groups in total. The number of β-lactam (4-membered cyclic amide) rings is 1. The van der Waals surface area contributed by atoms with Gasteiger partial charge in [-0.25, -0.2) is 4.57 Å². The van der Waals surface area contributed by atoms with Gasteiger partial charge in [0.1, 0.15) is 6.20 Å². The molecule has 2 aliphatic heterocycles. The molecule has 2 aliphatic rings. The molecule has 0 unspecified atom stereocenters. The second kappa shape index (κ2) is 7.36. The lowest BCUT2D eigenvalue weighted by atomic mass is 9.77. The summed E-state index contributed by atoms with van der Waals surface area (Å²) in [5.74, 6) is -2.73. The number of aliphatic carboxylic acids is 1. The van der Waals surface area contributed by atoms with Crippen molar-refractivity contribution in [2.75, 3.05) is 12.8 Å². The lowest BCUT2D eigenvalue weighted by Crippen LogP contribution is -2.64. The van der Waals surface area contributed by atoms with Crippen LogP contribution < -0.4 is 9.51 Å². The van der Waals surface area contributed by atoms with Crippen LogP contribution in [0.2, 0.25) is 0 Å². The molecule has 12 heteroatoms. The molecule has 0 aromatic carbocycles. The largest absolute Gasteiger partial charge is 0.543 e. The molecule has 2 aromatic heterocycles. The van der Waals surface area contributed by atoms with Gasteiger partial charge < -0.3 is 19.9 Å². The topological polar surface area (TPSA) is 133 Å². The van der Waals surface area contributed by atoms with Crippen molar-refractivity contribution in [2.24, 2.45) is 11.8 Å². The summed E-state index contributed by atoms with van der Waals surface area (Å²) in [7, 11) is 0. The van der Waals surface area contributed by atoms with Gasteiger partial charge in [-0.15, -0.1) is 0 Å². The third kappa shape index (κ3) is 2.93. The van der Waals surface area contributed by atoms with Gasteiger partial charge in [0.15, 0.2) is 6.54 Å². The summed E-state index contributed by atoms with van der Waals surface area (Å²) in [5, 5.41) is 33.5. The Kier molecular flexibility index (Phi) is 5.11. The van der Waals surface area contributed by atoms with E-state index in [1.165, 1.54) is 34.9 Å². The normalized spacial score (nSPS) is 24.3. The number of fused-ring (bicyclic) bond motifs is 2. The summed E-state index contributed by atoms with van der Waals surface area (Å²) >= 11 is 2.82. The first kappa shape index (κ1) is 20.8. The van der Waals surface area contributed by atoms with Gasteiger partial charge in [0, 0.05) is 16.4 Å². The van der Waals surface area contributed by atoms with Crippen LogP contribution in [0.3, 0.4) is 0 Å². The molecule has 1 fully saturated rings. The molecule has 1 saturated heterocycles. The van der Waals surface area contributed by atoms with Crippen molar-refractivity contribution in [2.45, 2.75) is 37.6 Å². The molecule has 30 heavy (non-hydrogen) atoms. The van der Waals surface area contributed by atoms with Gasteiger partial charge in [0.05, 0.1) is 34.6 Å². The summed E-state index contributed by atoms with van der Waals surface area (Å²) in [6.45, 7) is 3.43. The van der Waals surface area contributed by atoms with Crippen LogP contribution in [-0.2, 0) is 16.1 Å². The highest BCUT2D eigenvalue weighted by Crippen LogP contribution is 2.51. The lowest BCUT2D eigenvalue weighted by molar-refractivity contribution is -0.510. The van der Waals surface area contributed by atoms with Crippen LogP contribution >= 0.6 is 23.1 Å². The second-order valence-corrected chi connectivity index (χ2v) is 9.31. The molecule has 1 amide bonds. The van der Waals surface area contributed by atoms with Crippen molar-refractivity contribution < 1.29 is 29.1 Å². The van der Waals surface area contributed by atoms with Crippen LogP contribution in [0, 0.1) is 22.0 Å². The van der Waals surface area contributed by atoms with E-state index in [4.69, 9.17) is 0 Å². The van der Waals surface area contributed by atoms with Crippen LogP contribution in [0.25, 0.3) is 10.4 Å². The quantitative estimate of drug-likeness (QED) is 0.199. The highest BCUT2D eigenvalue weighted by Gasteiger charge is 2.59. The lowest BCUT2D eigenvalue weighted by Gasteiger charge is -2.47. The Morgan fingerprint density at radius 1 is 1.50 bits per heavy atom. The first-order chi connectivity index (χ1) is 14.2. The fourth-order valence-corrected chi connectivity index (χ4v) is 6.70. The number of aliphatic hydroxyl groups excluding tert-OH is 1. The number of carboxylic acids is 1. The molecule has 0 bridgehead atoms. The number of aliphatic hydroxyl groups is 1. The van der Waals surface area contributed by atoms with Gasteiger partial charge in [-0.2, -0.15) is 4.40 Å². The fourth-order valence-electron chi connectivity index (χ4n) is 4.49. The molecule has 4 rings (SSSR count). The Labute approximate surface area is 179 Å². The minimum atomic E-state index is -1.42. The molecule has 0 aliphatic carbocycles. The van der Waals surface area contributed by atoms with Crippen molar-refractivity contribution >= 4 is 45.4 Å². The Hall–Kier alpha value is -2.44. The highest BCUT2D eigenvalue weighted by molar-refractivity contribution is 7.98. The monoisotopic (exact) mass is 452 g/mol. The molecule has 0 radical (unpaired) electrons. The van der Waals surface area contributed by atoms with Crippen LogP contribution in [0.5, 0.6) is 0 Å². The number of hydrogen-bond donors (Lipinski definition) is 1. The maximum Gasteiger partial charge on any atom is 0.250 e. The third-order valence-corrected chi connectivity index (χ3v) is 7.84. The number of aromatic nitrogens is 2. The predicted molar refractivity (Wildman–Crippen MR) is 106 cm³/mol. The number of hydrogen-bond acceptors (Lipinski definition) is 8. The summed E-state index contributed by atoms with van der Waals surface area (Å²) in [4.78, 5) is 37.5. The van der Waals surface area contributed by atoms with Crippen LogP contribution in [0.4, 0.5) is 0 Å². The van der Waals surface area contributed by atoms with Gasteiger partial charge in [-0.3, -0.25) is 14.9 Å². The van der Waals surface area contributed by atoms with Crippen molar-refractivity contribution in [1.29, 1.82) is 0 Å². The number of amides is 1. The predicted octanol–water partition coefficient (Wildman–Crippen LogP) is -0.395. The van der Waals surface area contributed by atoms with Gasteiger partial charge in [-0.05, 0) is 13.2 Å². The van der Waals surface area contributed by atoms with Gasteiger partial charge in [-0.1, -0.05) is 30.0 Å². The average molecular weight is 453 g/mol. The van der Waals surface area contributed by atoms with Crippen molar-refractivity contribution in [3.05, 3.63) is 33.2 Å². The summed E-state index contributed by atoms with van der Waals surface area (Å²) in [6, 6.07) is -0.410. The van der Waals surface area contributed by atoms with Crippen molar-refractivity contribution in [3.8, 4) is 0 Å².